The summed E-state index contributed by atoms with van der Waals surface area (Å²) in [5, 5.41) is 19.5. The van der Waals surface area contributed by atoms with Crippen molar-refractivity contribution in [3.63, 3.8) is 0 Å². The van der Waals surface area contributed by atoms with Crippen LogP contribution in [0.3, 0.4) is 0 Å². The van der Waals surface area contributed by atoms with E-state index < -0.39 is 5.97 Å². The molecule has 2 aliphatic rings. The molecule has 158 valence electrons. The van der Waals surface area contributed by atoms with Crippen LogP contribution in [0.5, 0.6) is 0 Å². The second kappa shape index (κ2) is 9.53. The molecule has 0 aromatic heterocycles. The predicted molar refractivity (Wildman–Crippen MR) is 116 cm³/mol. The van der Waals surface area contributed by atoms with Crippen molar-refractivity contribution in [2.75, 3.05) is 0 Å². The van der Waals surface area contributed by atoms with Crippen LogP contribution in [0.25, 0.3) is 0 Å². The zero-order chi connectivity index (χ0) is 21.9. The molecule has 4 heteroatoms. The van der Waals surface area contributed by atoms with Gasteiger partial charge in [0.05, 0.1) is 6.10 Å². The molecule has 0 aromatic rings. The first-order valence-corrected chi connectivity index (χ1v) is 10.4. The van der Waals surface area contributed by atoms with Gasteiger partial charge in [0.1, 0.15) is 5.78 Å². The highest BCUT2D eigenvalue weighted by molar-refractivity contribution is 5.80. The molecule has 5 atom stereocenters. The lowest BCUT2D eigenvalue weighted by Crippen LogP contribution is -2.42. The lowest BCUT2D eigenvalue weighted by atomic mass is 9.60. The molecule has 2 aliphatic carbocycles. The number of rotatable bonds is 6. The van der Waals surface area contributed by atoms with Crippen LogP contribution in [0.4, 0.5) is 0 Å². The maximum atomic E-state index is 12.0. The fraction of sp³-hybridized carbons (Fsp3) is 0.520. The lowest BCUT2D eigenvalue weighted by molar-refractivity contribution is -0.131. The first-order chi connectivity index (χ1) is 13.5. The summed E-state index contributed by atoms with van der Waals surface area (Å²) in [6, 6.07) is 0. The zero-order valence-corrected chi connectivity index (χ0v) is 18.4. The number of aliphatic hydroxyl groups excluding tert-OH is 1. The first kappa shape index (κ1) is 23.1. The Balaban J connectivity index is 2.48. The van der Waals surface area contributed by atoms with E-state index in [4.69, 9.17) is 5.11 Å². The van der Waals surface area contributed by atoms with Gasteiger partial charge in [-0.1, -0.05) is 66.0 Å². The maximum absolute atomic E-state index is 12.0. The minimum atomic E-state index is -0.970. The number of Topliss-reactive ketones (excluding diaryl/α,β-unsaturated/α-hetero) is 1. The zero-order valence-electron chi connectivity index (χ0n) is 18.4. The van der Waals surface area contributed by atoms with E-state index in [-0.39, 0.29) is 35.6 Å². The Morgan fingerprint density at radius 1 is 1.14 bits per heavy atom. The number of carbonyl (C=O) groups excluding carboxylic acids is 1. The molecule has 0 bridgehead atoms. The molecule has 4 nitrogen and oxygen atoms in total. The summed E-state index contributed by atoms with van der Waals surface area (Å²) < 4.78 is 0. The summed E-state index contributed by atoms with van der Waals surface area (Å²) >= 11 is 0. The fourth-order valence-corrected chi connectivity index (χ4v) is 4.93. The molecule has 0 heterocycles. The van der Waals surface area contributed by atoms with Crippen LogP contribution < -0.4 is 0 Å². The fourth-order valence-electron chi connectivity index (χ4n) is 4.93. The van der Waals surface area contributed by atoms with Gasteiger partial charge in [0, 0.05) is 18.4 Å². The van der Waals surface area contributed by atoms with Crippen LogP contribution in [0, 0.1) is 23.7 Å². The summed E-state index contributed by atoms with van der Waals surface area (Å²) in [6.07, 6.45) is 10.0. The molecule has 0 amide bonds. The average Bonchev–Trinajstić information content (AvgIpc) is 2.60. The second-order valence-electron chi connectivity index (χ2n) is 8.86. The maximum Gasteiger partial charge on any atom is 0.328 e. The average molecular weight is 399 g/mol. The molecule has 1 fully saturated rings. The highest BCUT2D eigenvalue weighted by Gasteiger charge is 2.42. The SMILES string of the molecule is CC(=O)CC1=C(C)C=C2C[C@@H](C)[C@@H](O)[C@@H](C)[C@@H]2[C@H]1/C=C(C)/C=C(C)/C=C/C(=O)O. The van der Waals surface area contributed by atoms with Gasteiger partial charge < -0.3 is 10.2 Å². The Kier molecular flexibility index (Phi) is 7.59. The van der Waals surface area contributed by atoms with Gasteiger partial charge in [0.15, 0.2) is 0 Å². The van der Waals surface area contributed by atoms with Crippen LogP contribution in [-0.4, -0.2) is 28.1 Å². The monoisotopic (exact) mass is 398 g/mol. The predicted octanol–water partition coefficient (Wildman–Crippen LogP) is 5.02. The van der Waals surface area contributed by atoms with Crippen LogP contribution in [0.1, 0.15) is 54.4 Å². The Morgan fingerprint density at radius 3 is 2.38 bits per heavy atom. The van der Waals surface area contributed by atoms with E-state index in [0.717, 1.165) is 34.8 Å². The van der Waals surface area contributed by atoms with Gasteiger partial charge in [-0.25, -0.2) is 4.79 Å². The van der Waals surface area contributed by atoms with Crippen molar-refractivity contribution < 1.29 is 19.8 Å². The van der Waals surface area contributed by atoms with Crippen molar-refractivity contribution in [3.05, 3.63) is 58.2 Å². The third-order valence-corrected chi connectivity index (χ3v) is 6.20. The number of carboxylic acid groups (broad SMARTS) is 1. The van der Waals surface area contributed by atoms with E-state index in [1.54, 1.807) is 13.0 Å². The molecule has 29 heavy (non-hydrogen) atoms. The topological polar surface area (TPSA) is 74.6 Å². The Morgan fingerprint density at radius 2 is 1.79 bits per heavy atom. The van der Waals surface area contributed by atoms with Crippen LogP contribution >= 0.6 is 0 Å². The van der Waals surface area contributed by atoms with E-state index in [1.165, 1.54) is 5.57 Å². The summed E-state index contributed by atoms with van der Waals surface area (Å²) in [4.78, 5) is 22.7. The summed E-state index contributed by atoms with van der Waals surface area (Å²) in [7, 11) is 0. The summed E-state index contributed by atoms with van der Waals surface area (Å²) in [5.74, 6) is -0.264. The van der Waals surface area contributed by atoms with Crippen molar-refractivity contribution in [1.29, 1.82) is 0 Å². The molecular weight excluding hydrogens is 364 g/mol. The number of fused-ring (bicyclic) bond motifs is 1. The van der Waals surface area contributed by atoms with Crippen molar-refractivity contribution in [3.8, 4) is 0 Å². The van der Waals surface area contributed by atoms with Crippen LogP contribution in [-0.2, 0) is 9.59 Å². The van der Waals surface area contributed by atoms with Crippen molar-refractivity contribution in [1.82, 2.24) is 0 Å². The highest BCUT2D eigenvalue weighted by atomic mass is 16.4. The van der Waals surface area contributed by atoms with E-state index >= 15 is 0 Å². The molecule has 2 N–H and O–H groups in total. The van der Waals surface area contributed by atoms with Gasteiger partial charge in [-0.15, -0.1) is 0 Å². The van der Waals surface area contributed by atoms with Crippen LogP contribution in [0.15, 0.2) is 58.2 Å². The molecule has 0 aliphatic heterocycles. The minimum Gasteiger partial charge on any atom is -0.478 e. The lowest BCUT2D eigenvalue weighted by Gasteiger charge is -2.45. The molecular formula is C25H34O4. The number of hydrogen-bond donors (Lipinski definition) is 2. The highest BCUT2D eigenvalue weighted by Crippen LogP contribution is 2.49. The normalized spacial score (nSPS) is 31.0. The third kappa shape index (κ3) is 5.66. The number of carbonyl (C=O) groups is 2. The molecule has 0 saturated heterocycles. The number of carboxylic acids is 1. The van der Waals surface area contributed by atoms with Gasteiger partial charge in [-0.05, 0) is 51.9 Å². The van der Waals surface area contributed by atoms with Crippen molar-refractivity contribution in [2.45, 2.75) is 60.5 Å². The van der Waals surface area contributed by atoms with Crippen molar-refractivity contribution in [2.24, 2.45) is 23.7 Å². The molecule has 2 rings (SSSR count). The van der Waals surface area contributed by atoms with Gasteiger partial charge in [0.25, 0.3) is 0 Å². The number of allylic oxidation sites excluding steroid dienone is 9. The first-order valence-electron chi connectivity index (χ1n) is 10.4. The molecule has 0 spiro atoms. The van der Waals surface area contributed by atoms with Crippen molar-refractivity contribution >= 4 is 11.8 Å². The largest absolute Gasteiger partial charge is 0.478 e. The third-order valence-electron chi connectivity index (χ3n) is 6.20. The molecule has 0 aromatic carbocycles. The summed E-state index contributed by atoms with van der Waals surface area (Å²) in [6.45, 7) is 11.8. The van der Waals surface area contributed by atoms with E-state index in [1.807, 2.05) is 19.9 Å². The summed E-state index contributed by atoms with van der Waals surface area (Å²) in [5.41, 5.74) is 5.53. The van der Waals surface area contributed by atoms with Crippen LogP contribution in [0.2, 0.25) is 0 Å². The van der Waals surface area contributed by atoms with Gasteiger partial charge in [-0.2, -0.15) is 0 Å². The van der Waals surface area contributed by atoms with Gasteiger partial charge in [-0.3, -0.25) is 4.79 Å². The Hall–Kier alpha value is -2.20. The Bertz CT molecular complexity index is 822. The quantitative estimate of drug-likeness (QED) is 0.486. The van der Waals surface area contributed by atoms with Gasteiger partial charge >= 0.3 is 5.97 Å². The standard InChI is InChI=1S/C25H34O4/c1-14(7-8-23(27)28)9-15(2)10-22-21(13-18(5)26)16(3)11-20-12-17(4)25(29)19(6)24(20)22/h7-11,17,19,22,24-25,29H,12-13H2,1-6H3,(H,27,28)/b8-7+,14-9+,15-10+/t17-,19+,22+,24+,25-/m1/s1. The second-order valence-corrected chi connectivity index (χ2v) is 8.86. The molecule has 0 unspecified atom stereocenters. The molecule has 0 radical (unpaired) electrons. The number of aliphatic hydroxyl groups is 1. The van der Waals surface area contributed by atoms with E-state index in [9.17, 15) is 14.7 Å². The Labute approximate surface area is 174 Å². The number of hydrogen-bond acceptors (Lipinski definition) is 3. The van der Waals surface area contributed by atoms with Gasteiger partial charge in [0.2, 0.25) is 0 Å². The smallest absolute Gasteiger partial charge is 0.328 e. The number of aliphatic carboxylic acids is 1. The van der Waals surface area contributed by atoms with E-state index in [0.29, 0.717) is 6.42 Å². The number of ketones is 1. The van der Waals surface area contributed by atoms with E-state index in [2.05, 4.69) is 32.9 Å². The molecule has 1 saturated carbocycles. The minimum absolute atomic E-state index is 0.0588.